The van der Waals surface area contributed by atoms with Gasteiger partial charge in [0.2, 0.25) is 0 Å². The van der Waals surface area contributed by atoms with Gasteiger partial charge in [0, 0.05) is 55.4 Å². The van der Waals surface area contributed by atoms with Crippen molar-refractivity contribution in [2.75, 3.05) is 18.0 Å². The van der Waals surface area contributed by atoms with E-state index in [0.717, 1.165) is 48.0 Å². The van der Waals surface area contributed by atoms with E-state index in [1.165, 1.54) is 16.9 Å². The summed E-state index contributed by atoms with van der Waals surface area (Å²) in [6.07, 6.45) is 4.34. The van der Waals surface area contributed by atoms with Crippen LogP contribution in [0.3, 0.4) is 0 Å². The highest BCUT2D eigenvalue weighted by Gasteiger charge is 2.25. The van der Waals surface area contributed by atoms with E-state index in [0.29, 0.717) is 17.6 Å². The van der Waals surface area contributed by atoms with Crippen molar-refractivity contribution in [1.82, 2.24) is 19.4 Å². The van der Waals surface area contributed by atoms with E-state index >= 15 is 0 Å². The molecule has 1 fully saturated rings. The van der Waals surface area contributed by atoms with Crippen LogP contribution in [-0.2, 0) is 6.54 Å². The minimum atomic E-state index is 0.469. The number of hydrogen-bond acceptors (Lipinski definition) is 4. The average Bonchev–Trinajstić information content (AvgIpc) is 3.39. The number of fused-ring (bicyclic) bond motifs is 5. The topological polar surface area (TPSA) is 61.8 Å². The fourth-order valence-electron chi connectivity index (χ4n) is 5.44. The second-order valence-corrected chi connectivity index (χ2v) is 9.69. The molecule has 0 spiro atoms. The zero-order valence-electron chi connectivity index (χ0n) is 19.8. The quantitative estimate of drug-likeness (QED) is 0.424. The Kier molecular flexibility index (Phi) is 4.82. The van der Waals surface area contributed by atoms with Gasteiger partial charge in [0.15, 0.2) is 5.82 Å². The molecule has 0 aliphatic carbocycles. The molecule has 34 heavy (non-hydrogen) atoms. The summed E-state index contributed by atoms with van der Waals surface area (Å²) in [5.74, 6) is 0.966. The number of nitrogens with zero attached hydrogens (tertiary/aromatic N) is 5. The SMILES string of the molecule is Cc1cn2c(n1)-c1cc(-c3ccc(C#N)cc3)cn1Cc1cc(N3C[C@@H](C)N[C@@H](C)C3)ccc1-2. The maximum atomic E-state index is 9.14. The summed E-state index contributed by atoms with van der Waals surface area (Å²) < 4.78 is 4.54. The first-order chi connectivity index (χ1) is 16.5. The molecule has 170 valence electrons. The number of benzene rings is 2. The zero-order chi connectivity index (χ0) is 23.4. The Hall–Kier alpha value is -3.82. The second kappa shape index (κ2) is 7.89. The Bertz CT molecular complexity index is 1410. The summed E-state index contributed by atoms with van der Waals surface area (Å²) >= 11 is 0. The molecule has 1 N–H and O–H groups in total. The molecule has 1 saturated heterocycles. The summed E-state index contributed by atoms with van der Waals surface area (Å²) in [5, 5.41) is 12.8. The molecule has 2 aromatic heterocycles. The standard InChI is InChI=1S/C28H28N6/c1-18-13-32(14-19(2)30-18)25-8-9-26-24(10-25)17-33-16-23(22-6-4-21(12-29)5-7-22)11-27(33)28-31-20(3)15-34(26)28/h4-11,15-16,18-19,30H,13-14,17H2,1-3H3/t18-,19+. The summed E-state index contributed by atoms with van der Waals surface area (Å²) in [5.41, 5.74) is 8.78. The lowest BCUT2D eigenvalue weighted by molar-refractivity contribution is 0.407. The van der Waals surface area contributed by atoms with Crippen LogP contribution in [-0.4, -0.2) is 39.3 Å². The van der Waals surface area contributed by atoms with Gasteiger partial charge < -0.3 is 14.8 Å². The van der Waals surface area contributed by atoms with Crippen LogP contribution >= 0.6 is 0 Å². The van der Waals surface area contributed by atoms with Gasteiger partial charge in [-0.2, -0.15) is 5.26 Å². The van der Waals surface area contributed by atoms with E-state index in [2.05, 4.69) is 75.9 Å². The highest BCUT2D eigenvalue weighted by molar-refractivity contribution is 5.72. The molecule has 0 unspecified atom stereocenters. The van der Waals surface area contributed by atoms with E-state index in [1.54, 1.807) is 0 Å². The highest BCUT2D eigenvalue weighted by Crippen LogP contribution is 2.36. The monoisotopic (exact) mass is 448 g/mol. The minimum absolute atomic E-state index is 0.469. The summed E-state index contributed by atoms with van der Waals surface area (Å²) in [7, 11) is 0. The number of imidazole rings is 1. The van der Waals surface area contributed by atoms with Gasteiger partial charge in [-0.15, -0.1) is 0 Å². The van der Waals surface area contributed by atoms with Gasteiger partial charge in [-0.3, -0.25) is 4.57 Å². The predicted octanol–water partition coefficient (Wildman–Crippen LogP) is 4.74. The van der Waals surface area contributed by atoms with Crippen LogP contribution in [0.1, 0.15) is 30.7 Å². The van der Waals surface area contributed by atoms with Crippen LogP contribution in [0.4, 0.5) is 5.69 Å². The predicted molar refractivity (Wildman–Crippen MR) is 135 cm³/mol. The van der Waals surface area contributed by atoms with Crippen molar-refractivity contribution >= 4 is 5.69 Å². The fourth-order valence-corrected chi connectivity index (χ4v) is 5.44. The van der Waals surface area contributed by atoms with Gasteiger partial charge >= 0.3 is 0 Å². The molecule has 0 bridgehead atoms. The number of nitriles is 1. The minimum Gasteiger partial charge on any atom is -0.368 e. The van der Waals surface area contributed by atoms with E-state index < -0.39 is 0 Å². The Morgan fingerprint density at radius 1 is 0.971 bits per heavy atom. The zero-order valence-corrected chi connectivity index (χ0v) is 19.8. The first-order valence-corrected chi connectivity index (χ1v) is 11.9. The molecule has 6 nitrogen and oxygen atoms in total. The average molecular weight is 449 g/mol. The van der Waals surface area contributed by atoms with E-state index in [9.17, 15) is 0 Å². The third-order valence-corrected chi connectivity index (χ3v) is 6.89. The number of anilines is 1. The molecule has 4 heterocycles. The van der Waals surface area contributed by atoms with Crippen molar-refractivity contribution in [2.45, 2.75) is 39.4 Å². The van der Waals surface area contributed by atoms with Crippen molar-refractivity contribution in [3.8, 4) is 34.4 Å². The molecule has 2 atom stereocenters. The van der Waals surface area contributed by atoms with Crippen molar-refractivity contribution in [3.63, 3.8) is 0 Å². The molecule has 4 aromatic rings. The number of nitrogens with one attached hydrogen (secondary N) is 1. The molecule has 0 radical (unpaired) electrons. The van der Waals surface area contributed by atoms with Crippen LogP contribution in [0.15, 0.2) is 60.9 Å². The molecule has 0 saturated carbocycles. The van der Waals surface area contributed by atoms with Crippen molar-refractivity contribution in [2.24, 2.45) is 0 Å². The summed E-state index contributed by atoms with van der Waals surface area (Å²) in [6, 6.07) is 20.0. The molecule has 2 aromatic carbocycles. The van der Waals surface area contributed by atoms with Crippen LogP contribution in [0.2, 0.25) is 0 Å². The van der Waals surface area contributed by atoms with Crippen LogP contribution in [0, 0.1) is 18.3 Å². The second-order valence-electron chi connectivity index (χ2n) is 9.69. The summed E-state index contributed by atoms with van der Waals surface area (Å²) in [6.45, 7) is 9.36. The third kappa shape index (κ3) is 3.49. The summed E-state index contributed by atoms with van der Waals surface area (Å²) in [4.78, 5) is 7.39. The van der Waals surface area contributed by atoms with Crippen LogP contribution in [0.5, 0.6) is 0 Å². The Morgan fingerprint density at radius 3 is 2.47 bits per heavy atom. The van der Waals surface area contributed by atoms with Crippen molar-refractivity contribution in [1.29, 1.82) is 5.26 Å². The molecule has 2 aliphatic rings. The van der Waals surface area contributed by atoms with E-state index in [1.807, 2.05) is 31.2 Å². The number of piperazine rings is 1. The van der Waals surface area contributed by atoms with E-state index in [4.69, 9.17) is 10.2 Å². The van der Waals surface area contributed by atoms with Gasteiger partial charge in [-0.25, -0.2) is 4.98 Å². The molecular weight excluding hydrogens is 420 g/mol. The van der Waals surface area contributed by atoms with E-state index in [-0.39, 0.29) is 0 Å². The van der Waals surface area contributed by atoms with Gasteiger partial charge in [-0.1, -0.05) is 12.1 Å². The molecule has 6 rings (SSSR count). The van der Waals surface area contributed by atoms with Gasteiger partial charge in [0.1, 0.15) is 0 Å². The fraction of sp³-hybridized carbons (Fsp3) is 0.286. The van der Waals surface area contributed by atoms with Crippen LogP contribution in [0.25, 0.3) is 28.3 Å². The number of aryl methyl sites for hydroxylation is 1. The van der Waals surface area contributed by atoms with Crippen LogP contribution < -0.4 is 10.2 Å². The number of hydrogen-bond donors (Lipinski definition) is 1. The molecule has 6 heteroatoms. The Labute approximate surface area is 200 Å². The van der Waals surface area contributed by atoms with Gasteiger partial charge in [0.25, 0.3) is 0 Å². The first-order valence-electron chi connectivity index (χ1n) is 11.9. The maximum Gasteiger partial charge on any atom is 0.161 e. The lowest BCUT2D eigenvalue weighted by atomic mass is 10.1. The lowest BCUT2D eigenvalue weighted by Crippen LogP contribution is -2.54. The van der Waals surface area contributed by atoms with Crippen molar-refractivity contribution in [3.05, 3.63) is 77.7 Å². The first kappa shape index (κ1) is 20.8. The lowest BCUT2D eigenvalue weighted by Gasteiger charge is -2.38. The normalized spacial score (nSPS) is 19.1. The smallest absolute Gasteiger partial charge is 0.161 e. The third-order valence-electron chi connectivity index (χ3n) is 6.89. The Balaban J connectivity index is 1.44. The van der Waals surface area contributed by atoms with Gasteiger partial charge in [0.05, 0.1) is 28.7 Å². The number of rotatable bonds is 2. The van der Waals surface area contributed by atoms with Gasteiger partial charge in [-0.05, 0) is 68.3 Å². The Morgan fingerprint density at radius 2 is 1.74 bits per heavy atom. The molecule has 2 aliphatic heterocycles. The molecular formula is C28H28N6. The maximum absolute atomic E-state index is 9.14. The number of aromatic nitrogens is 3. The van der Waals surface area contributed by atoms with Crippen molar-refractivity contribution < 1.29 is 0 Å². The largest absolute Gasteiger partial charge is 0.368 e. The highest BCUT2D eigenvalue weighted by atomic mass is 15.2. The molecule has 0 amide bonds.